The van der Waals surface area contributed by atoms with Gasteiger partial charge >= 0.3 is 0 Å². The molecule has 0 aliphatic carbocycles. The Balaban J connectivity index is 1.83. The first-order valence-corrected chi connectivity index (χ1v) is 8.90. The fourth-order valence-electron chi connectivity index (χ4n) is 2.71. The van der Waals surface area contributed by atoms with Crippen LogP contribution in [0.4, 0.5) is 11.4 Å². The van der Waals surface area contributed by atoms with Crippen molar-refractivity contribution in [3.05, 3.63) is 64.8 Å². The van der Waals surface area contributed by atoms with E-state index in [1.807, 2.05) is 42.5 Å². The Bertz CT molecular complexity index is 918. The van der Waals surface area contributed by atoms with Crippen molar-refractivity contribution in [1.29, 1.82) is 5.26 Å². The second-order valence-electron chi connectivity index (χ2n) is 6.00. The molecule has 5 heteroatoms. The van der Waals surface area contributed by atoms with Crippen LogP contribution in [0.1, 0.15) is 12.6 Å². The number of rotatable bonds is 5. The molecule has 1 N–H and O–H groups in total. The van der Waals surface area contributed by atoms with Gasteiger partial charge in [0.15, 0.2) is 0 Å². The number of nitriles is 1. The van der Waals surface area contributed by atoms with E-state index < -0.39 is 0 Å². The molecular weight excluding hydrogens is 376 g/mol. The molecule has 1 heterocycles. The summed E-state index contributed by atoms with van der Waals surface area (Å²) in [5.74, 6) is 0. The number of nitrogens with zero attached hydrogens (tertiary/aromatic N) is 3. The lowest BCUT2D eigenvalue weighted by molar-refractivity contribution is 0.717. The molecule has 0 fully saturated rings. The zero-order chi connectivity index (χ0) is 17.8. The molecule has 3 rings (SSSR count). The van der Waals surface area contributed by atoms with Crippen LogP contribution in [0.3, 0.4) is 0 Å². The zero-order valence-corrected chi connectivity index (χ0v) is 15.8. The molecular formula is C20H19BrN4. The summed E-state index contributed by atoms with van der Waals surface area (Å²) in [5, 5.41) is 13.7. The number of likely N-dealkylation sites (N-methyl/N-ethyl adjacent to an activating group) is 1. The molecule has 126 valence electrons. The molecule has 1 atom stereocenters. The summed E-state index contributed by atoms with van der Waals surface area (Å²) < 4.78 is 0.990. The Morgan fingerprint density at radius 1 is 1.20 bits per heavy atom. The number of hydrogen-bond acceptors (Lipinski definition) is 4. The zero-order valence-electron chi connectivity index (χ0n) is 14.2. The quantitative estimate of drug-likeness (QED) is 0.674. The van der Waals surface area contributed by atoms with Crippen LogP contribution in [-0.2, 0) is 0 Å². The maximum Gasteiger partial charge on any atom is 0.143 e. The van der Waals surface area contributed by atoms with Crippen LogP contribution < -0.4 is 10.2 Å². The highest BCUT2D eigenvalue weighted by Gasteiger charge is 2.12. The lowest BCUT2D eigenvalue weighted by Gasteiger charge is -2.27. The second kappa shape index (κ2) is 7.54. The van der Waals surface area contributed by atoms with E-state index in [1.54, 1.807) is 0 Å². The highest BCUT2D eigenvalue weighted by Crippen LogP contribution is 2.27. The van der Waals surface area contributed by atoms with E-state index in [0.29, 0.717) is 5.69 Å². The van der Waals surface area contributed by atoms with Gasteiger partial charge in [-0.25, -0.2) is 4.98 Å². The average molecular weight is 395 g/mol. The smallest absolute Gasteiger partial charge is 0.143 e. The number of aromatic nitrogens is 1. The normalized spacial score (nSPS) is 11.8. The molecule has 1 unspecified atom stereocenters. The highest BCUT2D eigenvalue weighted by molar-refractivity contribution is 9.10. The first kappa shape index (κ1) is 17.2. The van der Waals surface area contributed by atoms with Crippen molar-refractivity contribution in [2.75, 3.05) is 23.8 Å². The number of nitrogens with one attached hydrogen (secondary N) is 1. The second-order valence-corrected chi connectivity index (χ2v) is 6.92. The lowest BCUT2D eigenvalue weighted by atomic mass is 10.1. The molecule has 0 aliphatic heterocycles. The number of para-hydroxylation sites is 1. The van der Waals surface area contributed by atoms with Crippen molar-refractivity contribution in [3.63, 3.8) is 0 Å². The van der Waals surface area contributed by atoms with Gasteiger partial charge in [-0.15, -0.1) is 0 Å². The van der Waals surface area contributed by atoms with Gasteiger partial charge in [0.2, 0.25) is 0 Å². The average Bonchev–Trinajstić information content (AvgIpc) is 2.65. The Labute approximate surface area is 156 Å². The first-order valence-electron chi connectivity index (χ1n) is 8.10. The maximum atomic E-state index is 9.23. The summed E-state index contributed by atoms with van der Waals surface area (Å²) in [4.78, 5) is 6.61. The van der Waals surface area contributed by atoms with Crippen LogP contribution >= 0.6 is 15.9 Å². The third-order valence-electron chi connectivity index (χ3n) is 4.30. The van der Waals surface area contributed by atoms with Gasteiger partial charge in [-0.2, -0.15) is 5.26 Å². The van der Waals surface area contributed by atoms with Gasteiger partial charge in [0.05, 0.1) is 5.52 Å². The van der Waals surface area contributed by atoms with Crippen LogP contribution in [0.25, 0.3) is 10.9 Å². The predicted octanol–water partition coefficient (Wildman–Crippen LogP) is 4.81. The number of hydrogen-bond donors (Lipinski definition) is 1. The summed E-state index contributed by atoms with van der Waals surface area (Å²) in [5.41, 5.74) is 3.34. The number of halogens is 1. The summed E-state index contributed by atoms with van der Waals surface area (Å²) in [6.45, 7) is 2.92. The van der Waals surface area contributed by atoms with E-state index in [4.69, 9.17) is 0 Å². The Morgan fingerprint density at radius 3 is 2.68 bits per heavy atom. The lowest BCUT2D eigenvalue weighted by Crippen LogP contribution is -2.34. The van der Waals surface area contributed by atoms with Crippen molar-refractivity contribution in [3.8, 4) is 6.07 Å². The Hall–Kier alpha value is -2.58. The Kier molecular flexibility index (Phi) is 5.20. The van der Waals surface area contributed by atoms with E-state index in [2.05, 4.69) is 63.3 Å². The molecule has 25 heavy (non-hydrogen) atoms. The minimum Gasteiger partial charge on any atom is -0.382 e. The molecule has 2 aromatic carbocycles. The number of anilines is 2. The van der Waals surface area contributed by atoms with E-state index in [0.717, 1.165) is 27.6 Å². The van der Waals surface area contributed by atoms with E-state index in [-0.39, 0.29) is 6.04 Å². The number of pyridine rings is 1. The van der Waals surface area contributed by atoms with E-state index in [1.165, 1.54) is 5.69 Å². The van der Waals surface area contributed by atoms with Crippen molar-refractivity contribution < 1.29 is 0 Å². The molecule has 0 bridgehead atoms. The molecule has 0 saturated carbocycles. The highest BCUT2D eigenvalue weighted by atomic mass is 79.9. The SMILES string of the molecule is CC(CNc1cc(C#N)nc2ccc(Br)cc12)N(C)c1ccccc1. The number of fused-ring (bicyclic) bond motifs is 1. The summed E-state index contributed by atoms with van der Waals surface area (Å²) >= 11 is 3.51. The van der Waals surface area contributed by atoms with Crippen LogP contribution in [0.2, 0.25) is 0 Å². The van der Waals surface area contributed by atoms with E-state index in [9.17, 15) is 5.26 Å². The monoisotopic (exact) mass is 394 g/mol. The largest absolute Gasteiger partial charge is 0.382 e. The van der Waals surface area contributed by atoms with E-state index >= 15 is 0 Å². The van der Waals surface area contributed by atoms with Gasteiger partial charge in [0.1, 0.15) is 11.8 Å². The molecule has 0 saturated heterocycles. The van der Waals surface area contributed by atoms with Gasteiger partial charge in [-0.3, -0.25) is 0 Å². The minimum absolute atomic E-state index is 0.281. The van der Waals surface area contributed by atoms with Crippen molar-refractivity contribution in [1.82, 2.24) is 4.98 Å². The van der Waals surface area contributed by atoms with Crippen LogP contribution in [-0.4, -0.2) is 24.6 Å². The molecule has 1 aromatic heterocycles. The van der Waals surface area contributed by atoms with Gasteiger partial charge in [0, 0.05) is 40.9 Å². The molecule has 4 nitrogen and oxygen atoms in total. The Morgan fingerprint density at radius 2 is 1.96 bits per heavy atom. The van der Waals surface area contributed by atoms with Crippen molar-refractivity contribution >= 4 is 38.2 Å². The maximum absolute atomic E-state index is 9.23. The van der Waals surface area contributed by atoms with Crippen molar-refractivity contribution in [2.24, 2.45) is 0 Å². The molecule has 0 radical (unpaired) electrons. The van der Waals surface area contributed by atoms with Crippen LogP contribution in [0.15, 0.2) is 59.1 Å². The molecule has 0 amide bonds. The molecule has 0 aliphatic rings. The third-order valence-corrected chi connectivity index (χ3v) is 4.79. The van der Waals surface area contributed by atoms with Gasteiger partial charge < -0.3 is 10.2 Å². The number of benzene rings is 2. The fraction of sp³-hybridized carbons (Fsp3) is 0.200. The standard InChI is InChI=1S/C20H19BrN4/c1-14(25(2)17-6-4-3-5-7-17)13-23-20-11-16(12-22)24-19-9-8-15(21)10-18(19)20/h3-11,14H,13H2,1-2H3,(H,23,24). The summed E-state index contributed by atoms with van der Waals surface area (Å²) in [7, 11) is 2.09. The van der Waals surface area contributed by atoms with Gasteiger partial charge in [-0.1, -0.05) is 34.1 Å². The van der Waals surface area contributed by atoms with Crippen LogP contribution in [0, 0.1) is 11.3 Å². The van der Waals surface area contributed by atoms with Crippen molar-refractivity contribution in [2.45, 2.75) is 13.0 Å². The minimum atomic E-state index is 0.281. The first-order chi connectivity index (χ1) is 12.1. The summed E-state index contributed by atoms with van der Waals surface area (Å²) in [6, 6.07) is 20.4. The molecule has 0 spiro atoms. The third kappa shape index (κ3) is 3.92. The summed E-state index contributed by atoms with van der Waals surface area (Å²) in [6.07, 6.45) is 0. The van der Waals surface area contributed by atoms with Gasteiger partial charge in [-0.05, 0) is 43.3 Å². The molecule has 3 aromatic rings. The topological polar surface area (TPSA) is 52.0 Å². The van der Waals surface area contributed by atoms with Crippen LogP contribution in [0.5, 0.6) is 0 Å². The van der Waals surface area contributed by atoms with Gasteiger partial charge in [0.25, 0.3) is 0 Å². The predicted molar refractivity (Wildman–Crippen MR) is 107 cm³/mol. The fourth-order valence-corrected chi connectivity index (χ4v) is 3.07.